The van der Waals surface area contributed by atoms with Gasteiger partial charge < -0.3 is 5.73 Å². The number of aromatic nitrogens is 3. The molecule has 1 saturated heterocycles. The SMILES string of the molecule is Cc1cc(C)cc(-c2ncn(/C=C(/C(N)=O)c3ccc(S(=O)(=O)N4CC(C)C4)cc3)n2)c1. The number of amides is 1. The van der Waals surface area contributed by atoms with Crippen LogP contribution in [0.15, 0.2) is 53.7 Å². The molecule has 8 nitrogen and oxygen atoms in total. The highest BCUT2D eigenvalue weighted by Gasteiger charge is 2.34. The summed E-state index contributed by atoms with van der Waals surface area (Å²) in [6.45, 7) is 7.06. The van der Waals surface area contributed by atoms with Crippen molar-refractivity contribution in [2.75, 3.05) is 13.1 Å². The number of hydrogen-bond donors (Lipinski definition) is 1. The highest BCUT2D eigenvalue weighted by Crippen LogP contribution is 2.26. The zero-order valence-corrected chi connectivity index (χ0v) is 19.0. The van der Waals surface area contributed by atoms with Gasteiger partial charge in [0.1, 0.15) is 6.33 Å². The van der Waals surface area contributed by atoms with E-state index in [1.165, 1.54) is 33.6 Å². The highest BCUT2D eigenvalue weighted by atomic mass is 32.2. The quantitative estimate of drug-likeness (QED) is 0.579. The summed E-state index contributed by atoms with van der Waals surface area (Å²) in [4.78, 5) is 16.6. The van der Waals surface area contributed by atoms with E-state index in [0.717, 1.165) is 16.7 Å². The van der Waals surface area contributed by atoms with Gasteiger partial charge in [-0.2, -0.15) is 4.31 Å². The first-order chi connectivity index (χ1) is 15.1. The van der Waals surface area contributed by atoms with Crippen molar-refractivity contribution in [1.29, 1.82) is 0 Å². The predicted molar refractivity (Wildman–Crippen MR) is 123 cm³/mol. The average Bonchev–Trinajstić information content (AvgIpc) is 3.18. The van der Waals surface area contributed by atoms with E-state index in [4.69, 9.17) is 5.73 Å². The summed E-state index contributed by atoms with van der Waals surface area (Å²) in [5.41, 5.74) is 9.38. The Labute approximate surface area is 187 Å². The van der Waals surface area contributed by atoms with E-state index in [1.54, 1.807) is 12.1 Å². The minimum Gasteiger partial charge on any atom is -0.366 e. The molecule has 9 heteroatoms. The molecular weight excluding hydrogens is 426 g/mol. The summed E-state index contributed by atoms with van der Waals surface area (Å²) in [6, 6.07) is 12.2. The lowest BCUT2D eigenvalue weighted by atomic mass is 10.1. The Bertz CT molecular complexity index is 1280. The monoisotopic (exact) mass is 451 g/mol. The van der Waals surface area contributed by atoms with Gasteiger partial charge in [-0.1, -0.05) is 36.2 Å². The normalized spacial score (nSPS) is 15.5. The first-order valence-electron chi connectivity index (χ1n) is 10.3. The molecule has 1 aliphatic rings. The molecule has 3 aromatic rings. The summed E-state index contributed by atoms with van der Waals surface area (Å²) < 4.78 is 28.2. The molecule has 0 radical (unpaired) electrons. The van der Waals surface area contributed by atoms with Crippen molar-refractivity contribution < 1.29 is 13.2 Å². The molecule has 1 aliphatic heterocycles. The summed E-state index contributed by atoms with van der Waals surface area (Å²) >= 11 is 0. The third-order valence-electron chi connectivity index (χ3n) is 5.35. The molecule has 4 rings (SSSR count). The second-order valence-electron chi connectivity index (χ2n) is 8.28. The molecule has 1 fully saturated rings. The number of benzene rings is 2. The average molecular weight is 452 g/mol. The van der Waals surface area contributed by atoms with Crippen molar-refractivity contribution in [1.82, 2.24) is 19.1 Å². The van der Waals surface area contributed by atoms with Crippen LogP contribution >= 0.6 is 0 Å². The Morgan fingerprint density at radius 3 is 2.28 bits per heavy atom. The molecule has 2 heterocycles. The van der Waals surface area contributed by atoms with Crippen molar-refractivity contribution >= 4 is 27.7 Å². The first kappa shape index (κ1) is 21.9. The van der Waals surface area contributed by atoms with E-state index in [-0.39, 0.29) is 10.5 Å². The molecule has 0 bridgehead atoms. The summed E-state index contributed by atoms with van der Waals surface area (Å²) in [6.07, 6.45) is 2.99. The van der Waals surface area contributed by atoms with Crippen molar-refractivity contribution in [2.45, 2.75) is 25.7 Å². The standard InChI is InChI=1S/C23H25N5O3S/c1-15-8-16(2)10-19(9-15)23-25-14-27(26-23)13-21(22(24)29)18-4-6-20(7-5-18)32(30,31)28-11-17(3)12-28/h4-10,13-14,17H,11-12H2,1-3H3,(H2,24,29)/b21-13+. The van der Waals surface area contributed by atoms with Gasteiger partial charge in [0.15, 0.2) is 5.82 Å². The van der Waals surface area contributed by atoms with Crippen molar-refractivity contribution in [3.05, 3.63) is 65.5 Å². The van der Waals surface area contributed by atoms with Gasteiger partial charge in [0, 0.05) is 24.9 Å². The van der Waals surface area contributed by atoms with Gasteiger partial charge >= 0.3 is 0 Å². The van der Waals surface area contributed by atoms with Crippen LogP contribution in [0, 0.1) is 19.8 Å². The largest absolute Gasteiger partial charge is 0.366 e. The van der Waals surface area contributed by atoms with Gasteiger partial charge in [0.05, 0.1) is 10.5 Å². The van der Waals surface area contributed by atoms with Gasteiger partial charge in [-0.15, -0.1) is 5.10 Å². The topological polar surface area (TPSA) is 111 Å². The number of nitrogens with zero attached hydrogens (tertiary/aromatic N) is 4. The summed E-state index contributed by atoms with van der Waals surface area (Å²) in [7, 11) is -3.52. The number of carbonyl (C=O) groups is 1. The fourth-order valence-electron chi connectivity index (χ4n) is 3.78. The molecule has 166 valence electrons. The van der Waals surface area contributed by atoms with E-state index < -0.39 is 15.9 Å². The van der Waals surface area contributed by atoms with E-state index in [0.29, 0.717) is 30.4 Å². The van der Waals surface area contributed by atoms with Gasteiger partial charge in [0.2, 0.25) is 10.0 Å². The Balaban J connectivity index is 1.62. The first-order valence-corrected chi connectivity index (χ1v) is 11.7. The summed E-state index contributed by atoms with van der Waals surface area (Å²) in [5.74, 6) is 0.243. The van der Waals surface area contributed by atoms with Crippen LogP contribution in [0.2, 0.25) is 0 Å². The number of sulfonamides is 1. The highest BCUT2D eigenvalue weighted by molar-refractivity contribution is 7.89. The van der Waals surface area contributed by atoms with Gasteiger partial charge in [-0.05, 0) is 49.6 Å². The molecule has 1 amide bonds. The van der Waals surface area contributed by atoms with Crippen molar-refractivity contribution in [3.8, 4) is 11.4 Å². The lowest BCUT2D eigenvalue weighted by molar-refractivity contribution is -0.112. The van der Waals surface area contributed by atoms with Crippen LogP contribution < -0.4 is 5.73 Å². The lowest BCUT2D eigenvalue weighted by Gasteiger charge is -2.35. The number of carbonyl (C=O) groups excluding carboxylic acids is 1. The zero-order valence-electron chi connectivity index (χ0n) is 18.2. The third-order valence-corrected chi connectivity index (χ3v) is 7.19. The minimum absolute atomic E-state index is 0.190. The Kier molecular flexibility index (Phi) is 5.70. The van der Waals surface area contributed by atoms with Crippen LogP contribution in [0.4, 0.5) is 0 Å². The maximum Gasteiger partial charge on any atom is 0.250 e. The molecule has 2 N–H and O–H groups in total. The van der Waals surface area contributed by atoms with Crippen LogP contribution in [-0.4, -0.2) is 46.5 Å². The lowest BCUT2D eigenvalue weighted by Crippen LogP contribution is -2.48. The molecule has 0 atom stereocenters. The Hall–Kier alpha value is -3.30. The fourth-order valence-corrected chi connectivity index (χ4v) is 5.46. The second-order valence-corrected chi connectivity index (χ2v) is 10.2. The van der Waals surface area contributed by atoms with Crippen LogP contribution in [0.5, 0.6) is 0 Å². The van der Waals surface area contributed by atoms with Gasteiger partial charge in [0.25, 0.3) is 5.91 Å². The number of rotatable bonds is 6. The summed E-state index contributed by atoms with van der Waals surface area (Å²) in [5, 5.41) is 4.44. The van der Waals surface area contributed by atoms with Gasteiger partial charge in [-0.3, -0.25) is 4.79 Å². The van der Waals surface area contributed by atoms with Crippen molar-refractivity contribution in [2.24, 2.45) is 11.7 Å². The molecular formula is C23H25N5O3S. The van der Waals surface area contributed by atoms with Crippen LogP contribution in [0.25, 0.3) is 23.2 Å². The van der Waals surface area contributed by atoms with Crippen LogP contribution in [0.3, 0.4) is 0 Å². The van der Waals surface area contributed by atoms with Crippen LogP contribution in [-0.2, 0) is 14.8 Å². The molecule has 2 aromatic carbocycles. The maximum absolute atomic E-state index is 12.6. The smallest absolute Gasteiger partial charge is 0.250 e. The van der Waals surface area contributed by atoms with E-state index in [2.05, 4.69) is 16.1 Å². The number of primary amides is 1. The number of hydrogen-bond acceptors (Lipinski definition) is 5. The van der Waals surface area contributed by atoms with E-state index in [9.17, 15) is 13.2 Å². The van der Waals surface area contributed by atoms with Crippen molar-refractivity contribution in [3.63, 3.8) is 0 Å². The van der Waals surface area contributed by atoms with E-state index in [1.807, 2.05) is 32.9 Å². The zero-order chi connectivity index (χ0) is 23.0. The van der Waals surface area contributed by atoms with Gasteiger partial charge in [-0.25, -0.2) is 18.1 Å². The number of nitrogens with two attached hydrogens (primary N) is 1. The fraction of sp³-hybridized carbons (Fsp3) is 0.261. The second kappa shape index (κ2) is 8.33. The number of aryl methyl sites for hydroxylation is 2. The third kappa shape index (κ3) is 4.35. The minimum atomic E-state index is -3.52. The van der Waals surface area contributed by atoms with E-state index >= 15 is 0 Å². The Morgan fingerprint density at radius 2 is 1.72 bits per heavy atom. The molecule has 0 saturated carbocycles. The predicted octanol–water partition coefficient (Wildman–Crippen LogP) is 2.69. The Morgan fingerprint density at radius 1 is 1.09 bits per heavy atom. The molecule has 32 heavy (non-hydrogen) atoms. The maximum atomic E-state index is 12.6. The molecule has 1 aromatic heterocycles. The molecule has 0 aliphatic carbocycles. The molecule has 0 unspecified atom stereocenters. The van der Waals surface area contributed by atoms with Crippen LogP contribution in [0.1, 0.15) is 23.6 Å². The molecule has 0 spiro atoms.